The van der Waals surface area contributed by atoms with Crippen LogP contribution in [0.3, 0.4) is 0 Å². The van der Waals surface area contributed by atoms with Crippen LogP contribution in [0.1, 0.15) is 32.3 Å². The van der Waals surface area contributed by atoms with E-state index in [9.17, 15) is 0 Å². The molecule has 1 heterocycles. The second-order valence-corrected chi connectivity index (χ2v) is 6.46. The zero-order valence-electron chi connectivity index (χ0n) is 11.9. The van der Waals surface area contributed by atoms with Gasteiger partial charge in [-0.2, -0.15) is 0 Å². The van der Waals surface area contributed by atoms with E-state index in [1.165, 1.54) is 27.1 Å². The molecule has 1 unspecified atom stereocenters. The summed E-state index contributed by atoms with van der Waals surface area (Å²) in [6, 6.07) is 15.3. The maximum absolute atomic E-state index is 4.99. The third kappa shape index (κ3) is 2.87. The lowest BCUT2D eigenvalue weighted by Crippen LogP contribution is -2.25. The molecule has 2 aromatic carbocycles. The first-order chi connectivity index (χ1) is 9.21. The normalized spacial score (nSPS) is 22.2. The van der Waals surface area contributed by atoms with Crippen molar-refractivity contribution in [3.8, 4) is 0 Å². The lowest BCUT2D eigenvalue weighted by atomic mass is 9.88. The summed E-state index contributed by atoms with van der Waals surface area (Å²) < 4.78 is 0. The molecule has 1 aliphatic heterocycles. The first-order valence-corrected chi connectivity index (χ1v) is 7.91. The van der Waals surface area contributed by atoms with Crippen molar-refractivity contribution in [3.05, 3.63) is 48.0 Å². The van der Waals surface area contributed by atoms with E-state index in [1.807, 2.05) is 11.8 Å². The molecular formula is C17H20ClNS. The number of aliphatic imine (C=N–C) groups is 1. The Morgan fingerprint density at radius 3 is 2.65 bits per heavy atom. The SMILES string of the molecule is CCC1=NC(C)(c2ccc3ccccc3c2)CCS1.Cl. The predicted octanol–water partition coefficient (Wildman–Crippen LogP) is 5.42. The van der Waals surface area contributed by atoms with Crippen LogP contribution >= 0.6 is 24.2 Å². The van der Waals surface area contributed by atoms with Gasteiger partial charge in [-0.1, -0.05) is 43.3 Å². The van der Waals surface area contributed by atoms with Crippen LogP contribution in [0.15, 0.2) is 47.5 Å². The summed E-state index contributed by atoms with van der Waals surface area (Å²) in [5.74, 6) is 1.18. The highest BCUT2D eigenvalue weighted by Crippen LogP contribution is 2.37. The number of rotatable bonds is 2. The molecule has 0 aromatic heterocycles. The Hall–Kier alpha value is -0.990. The predicted molar refractivity (Wildman–Crippen MR) is 93.3 cm³/mol. The Kier molecular flexibility index (Phi) is 4.77. The third-order valence-electron chi connectivity index (χ3n) is 3.90. The zero-order valence-corrected chi connectivity index (χ0v) is 13.6. The van der Waals surface area contributed by atoms with Crippen LogP contribution in [0, 0.1) is 0 Å². The summed E-state index contributed by atoms with van der Waals surface area (Å²) in [5.41, 5.74) is 1.30. The summed E-state index contributed by atoms with van der Waals surface area (Å²) >= 11 is 1.91. The van der Waals surface area contributed by atoms with Crippen molar-refractivity contribution in [1.82, 2.24) is 0 Å². The monoisotopic (exact) mass is 305 g/mol. The van der Waals surface area contributed by atoms with Crippen molar-refractivity contribution in [2.75, 3.05) is 5.75 Å². The van der Waals surface area contributed by atoms with Gasteiger partial charge in [0.25, 0.3) is 0 Å². The summed E-state index contributed by atoms with van der Waals surface area (Å²) in [5, 5.41) is 3.91. The van der Waals surface area contributed by atoms with Crippen LogP contribution in [-0.2, 0) is 5.54 Å². The number of halogens is 1. The van der Waals surface area contributed by atoms with Crippen LogP contribution in [0.25, 0.3) is 10.8 Å². The van der Waals surface area contributed by atoms with Gasteiger partial charge in [0.05, 0.1) is 10.6 Å². The molecule has 1 atom stereocenters. The average molecular weight is 306 g/mol. The minimum Gasteiger partial charge on any atom is -0.272 e. The van der Waals surface area contributed by atoms with Crippen molar-refractivity contribution >= 4 is 40.0 Å². The van der Waals surface area contributed by atoms with E-state index in [0.717, 1.165) is 12.8 Å². The number of fused-ring (bicyclic) bond motifs is 1. The Balaban J connectivity index is 0.00000147. The molecule has 2 aromatic rings. The maximum atomic E-state index is 4.99. The van der Waals surface area contributed by atoms with Crippen LogP contribution in [0.4, 0.5) is 0 Å². The van der Waals surface area contributed by atoms with Crippen molar-refractivity contribution in [3.63, 3.8) is 0 Å². The van der Waals surface area contributed by atoms with Crippen molar-refractivity contribution in [2.45, 2.75) is 32.2 Å². The Morgan fingerprint density at radius 2 is 1.90 bits per heavy atom. The van der Waals surface area contributed by atoms with Gasteiger partial charge in [-0.15, -0.1) is 24.2 Å². The van der Waals surface area contributed by atoms with E-state index >= 15 is 0 Å². The highest BCUT2D eigenvalue weighted by atomic mass is 35.5. The molecule has 0 spiro atoms. The van der Waals surface area contributed by atoms with Crippen molar-refractivity contribution < 1.29 is 0 Å². The molecule has 1 aliphatic rings. The minimum atomic E-state index is -0.0410. The van der Waals surface area contributed by atoms with E-state index in [2.05, 4.69) is 56.3 Å². The highest BCUT2D eigenvalue weighted by molar-refractivity contribution is 8.14. The quantitative estimate of drug-likeness (QED) is 0.721. The molecule has 0 fully saturated rings. The fourth-order valence-corrected chi connectivity index (χ4v) is 3.85. The second kappa shape index (κ2) is 6.19. The van der Waals surface area contributed by atoms with Crippen LogP contribution in [-0.4, -0.2) is 10.8 Å². The average Bonchev–Trinajstić information content (AvgIpc) is 2.46. The first kappa shape index (κ1) is 15.4. The molecule has 0 aliphatic carbocycles. The summed E-state index contributed by atoms with van der Waals surface area (Å²) in [6.45, 7) is 4.46. The molecule has 0 saturated carbocycles. The van der Waals surface area contributed by atoms with E-state index in [4.69, 9.17) is 4.99 Å². The van der Waals surface area contributed by atoms with E-state index in [-0.39, 0.29) is 17.9 Å². The molecular weight excluding hydrogens is 286 g/mol. The van der Waals surface area contributed by atoms with Gasteiger partial charge in [0.1, 0.15) is 0 Å². The number of hydrogen-bond donors (Lipinski definition) is 0. The van der Waals surface area contributed by atoms with Gasteiger partial charge in [-0.05, 0) is 42.2 Å². The molecule has 20 heavy (non-hydrogen) atoms. The Labute approximate surface area is 131 Å². The maximum Gasteiger partial charge on any atom is 0.0846 e. The van der Waals surface area contributed by atoms with Crippen LogP contribution in [0.2, 0.25) is 0 Å². The van der Waals surface area contributed by atoms with Gasteiger partial charge in [0.2, 0.25) is 0 Å². The smallest absolute Gasteiger partial charge is 0.0846 e. The molecule has 3 heteroatoms. The number of nitrogens with zero attached hydrogens (tertiary/aromatic N) is 1. The van der Waals surface area contributed by atoms with Crippen LogP contribution in [0.5, 0.6) is 0 Å². The lowest BCUT2D eigenvalue weighted by Gasteiger charge is -2.31. The fourth-order valence-electron chi connectivity index (χ4n) is 2.65. The van der Waals surface area contributed by atoms with Gasteiger partial charge < -0.3 is 0 Å². The lowest BCUT2D eigenvalue weighted by molar-refractivity contribution is 0.482. The van der Waals surface area contributed by atoms with E-state index in [0.29, 0.717) is 0 Å². The Morgan fingerprint density at radius 1 is 1.15 bits per heavy atom. The Bertz CT molecular complexity index is 638. The highest BCUT2D eigenvalue weighted by Gasteiger charge is 2.29. The molecule has 0 amide bonds. The molecule has 0 radical (unpaired) electrons. The molecule has 0 N–H and O–H groups in total. The van der Waals surface area contributed by atoms with Gasteiger partial charge in [0, 0.05) is 5.75 Å². The standard InChI is InChI=1S/C17H19NS.ClH/c1-3-16-18-17(2,10-11-19-16)15-9-8-13-6-4-5-7-14(13)12-15;/h4-9,12H,3,10-11H2,1-2H3;1H. The topological polar surface area (TPSA) is 12.4 Å². The molecule has 3 rings (SSSR count). The van der Waals surface area contributed by atoms with E-state index in [1.54, 1.807) is 0 Å². The number of hydrogen-bond acceptors (Lipinski definition) is 2. The fraction of sp³-hybridized carbons (Fsp3) is 0.353. The van der Waals surface area contributed by atoms with Crippen molar-refractivity contribution in [2.24, 2.45) is 4.99 Å². The summed E-state index contributed by atoms with van der Waals surface area (Å²) in [4.78, 5) is 4.99. The van der Waals surface area contributed by atoms with Gasteiger partial charge in [-0.25, -0.2) is 0 Å². The summed E-state index contributed by atoms with van der Waals surface area (Å²) in [6.07, 6.45) is 2.17. The number of thioether (sulfide) groups is 1. The number of benzene rings is 2. The second-order valence-electron chi connectivity index (χ2n) is 5.29. The molecule has 0 saturated heterocycles. The minimum absolute atomic E-state index is 0. The first-order valence-electron chi connectivity index (χ1n) is 6.92. The third-order valence-corrected chi connectivity index (χ3v) is 5.02. The van der Waals surface area contributed by atoms with Crippen molar-refractivity contribution in [1.29, 1.82) is 0 Å². The zero-order chi connectivity index (χ0) is 13.3. The van der Waals surface area contributed by atoms with Gasteiger partial charge >= 0.3 is 0 Å². The molecule has 1 nitrogen and oxygen atoms in total. The summed E-state index contributed by atoms with van der Waals surface area (Å²) in [7, 11) is 0. The van der Waals surface area contributed by atoms with Gasteiger partial charge in [-0.3, -0.25) is 4.99 Å². The molecule has 106 valence electrons. The van der Waals surface area contributed by atoms with Crippen LogP contribution < -0.4 is 0 Å². The molecule has 0 bridgehead atoms. The largest absolute Gasteiger partial charge is 0.272 e. The van der Waals surface area contributed by atoms with E-state index < -0.39 is 0 Å². The van der Waals surface area contributed by atoms with Gasteiger partial charge in [0.15, 0.2) is 0 Å².